The zero-order valence-corrected chi connectivity index (χ0v) is 14.4. The molecule has 5 nitrogen and oxygen atoms in total. The van der Waals surface area contributed by atoms with Crippen LogP contribution in [0.5, 0.6) is 0 Å². The molecule has 0 aliphatic heterocycles. The van der Waals surface area contributed by atoms with Crippen molar-refractivity contribution in [2.24, 2.45) is 0 Å². The SMILES string of the molecule is [B]c1ccc(C(=O)N[C@H](C)c2cc(F)c(NS(C)(=O)=O)c(F)c2)s1. The Hall–Kier alpha value is -1.94. The number of carbonyl (C=O) groups is 1. The molecule has 0 fully saturated rings. The molecule has 2 aromatic rings. The Kier molecular flexibility index (Phi) is 5.29. The van der Waals surface area contributed by atoms with E-state index in [-0.39, 0.29) is 5.56 Å². The van der Waals surface area contributed by atoms with Crippen LogP contribution in [0.3, 0.4) is 0 Å². The zero-order valence-electron chi connectivity index (χ0n) is 12.8. The first-order chi connectivity index (χ1) is 11.1. The molecule has 2 radical (unpaired) electrons. The Morgan fingerprint density at radius 1 is 1.25 bits per heavy atom. The van der Waals surface area contributed by atoms with Crippen LogP contribution in [0.25, 0.3) is 0 Å². The number of halogens is 2. The molecule has 1 heterocycles. The highest BCUT2D eigenvalue weighted by atomic mass is 32.2. The second-order valence-electron chi connectivity index (χ2n) is 5.13. The third kappa shape index (κ3) is 4.54. The molecule has 1 amide bonds. The summed E-state index contributed by atoms with van der Waals surface area (Å²) in [7, 11) is 1.73. The van der Waals surface area contributed by atoms with Crippen molar-refractivity contribution in [1.29, 1.82) is 0 Å². The van der Waals surface area contributed by atoms with Crippen molar-refractivity contribution in [2.75, 3.05) is 11.0 Å². The minimum atomic E-state index is -3.82. The maximum absolute atomic E-state index is 14.0. The molecule has 0 aliphatic rings. The Morgan fingerprint density at radius 2 is 1.83 bits per heavy atom. The lowest BCUT2D eigenvalue weighted by Gasteiger charge is -2.16. The highest BCUT2D eigenvalue weighted by Gasteiger charge is 2.19. The van der Waals surface area contributed by atoms with Crippen molar-refractivity contribution in [3.8, 4) is 0 Å². The minimum Gasteiger partial charge on any atom is -0.345 e. The fraction of sp³-hybridized carbons (Fsp3) is 0.214. The predicted molar refractivity (Wildman–Crippen MR) is 90.4 cm³/mol. The first kappa shape index (κ1) is 18.4. The van der Waals surface area contributed by atoms with E-state index in [2.05, 4.69) is 5.32 Å². The molecule has 1 atom stereocenters. The number of hydrogen-bond acceptors (Lipinski definition) is 4. The van der Waals surface area contributed by atoms with Crippen LogP contribution >= 0.6 is 11.3 Å². The van der Waals surface area contributed by atoms with E-state index >= 15 is 0 Å². The highest BCUT2D eigenvalue weighted by molar-refractivity contribution is 7.92. The standard InChI is InChI=1S/C14H13BF2N2O3S2/c1-7(18-14(20)11-3-4-12(15)23-11)8-5-9(16)13(10(17)6-8)19-24(2,21)22/h3-7,19H,1-2H3,(H,18,20)/t7-/m1/s1. The van der Waals surface area contributed by atoms with Crippen molar-refractivity contribution < 1.29 is 22.0 Å². The van der Waals surface area contributed by atoms with E-state index in [1.807, 2.05) is 0 Å². The summed E-state index contributed by atoms with van der Waals surface area (Å²) in [5, 5.41) is 2.59. The van der Waals surface area contributed by atoms with Gasteiger partial charge in [-0.05, 0) is 35.5 Å². The first-order valence-corrected chi connectivity index (χ1v) is 9.40. The summed E-state index contributed by atoms with van der Waals surface area (Å²) in [4.78, 5) is 12.4. The maximum Gasteiger partial charge on any atom is 0.261 e. The molecule has 1 aromatic carbocycles. The van der Waals surface area contributed by atoms with E-state index < -0.39 is 39.3 Å². The second-order valence-corrected chi connectivity index (χ2v) is 7.99. The van der Waals surface area contributed by atoms with Gasteiger partial charge in [0.15, 0.2) is 11.6 Å². The number of amides is 1. The second kappa shape index (κ2) is 6.90. The summed E-state index contributed by atoms with van der Waals surface area (Å²) in [6.45, 7) is 1.55. The Bertz CT molecular complexity index is 861. The van der Waals surface area contributed by atoms with Gasteiger partial charge in [0, 0.05) is 0 Å². The number of hydrogen-bond donors (Lipinski definition) is 2. The minimum absolute atomic E-state index is 0.155. The molecule has 1 aromatic heterocycles. The molecule has 0 bridgehead atoms. The molecule has 0 saturated carbocycles. The summed E-state index contributed by atoms with van der Waals surface area (Å²) < 4.78 is 52.4. The van der Waals surface area contributed by atoms with E-state index in [9.17, 15) is 22.0 Å². The van der Waals surface area contributed by atoms with E-state index in [4.69, 9.17) is 7.85 Å². The summed E-state index contributed by atoms with van der Waals surface area (Å²) in [5.74, 6) is -2.57. The van der Waals surface area contributed by atoms with Gasteiger partial charge in [-0.3, -0.25) is 9.52 Å². The molecule has 0 spiro atoms. The molecule has 2 rings (SSSR count). The molecule has 126 valence electrons. The number of carbonyl (C=O) groups excluding carboxylic acids is 1. The van der Waals surface area contributed by atoms with Gasteiger partial charge in [0.2, 0.25) is 10.0 Å². The highest BCUT2D eigenvalue weighted by Crippen LogP contribution is 2.25. The Morgan fingerprint density at radius 3 is 2.29 bits per heavy atom. The largest absolute Gasteiger partial charge is 0.345 e. The third-order valence-corrected chi connectivity index (χ3v) is 4.54. The Labute approximate surface area is 143 Å². The number of sulfonamides is 1. The normalized spacial score (nSPS) is 12.7. The number of rotatable bonds is 5. The summed E-state index contributed by atoms with van der Waals surface area (Å²) in [6, 6.07) is 4.35. The lowest BCUT2D eigenvalue weighted by Crippen LogP contribution is -2.26. The molecular formula is C14H13BF2N2O3S2. The van der Waals surface area contributed by atoms with Gasteiger partial charge in [-0.25, -0.2) is 17.2 Å². The first-order valence-electron chi connectivity index (χ1n) is 6.69. The molecule has 2 N–H and O–H groups in total. The van der Waals surface area contributed by atoms with Crippen LogP contribution in [0.2, 0.25) is 0 Å². The van der Waals surface area contributed by atoms with Crippen molar-refractivity contribution in [3.63, 3.8) is 0 Å². The molecule has 0 aliphatic carbocycles. The fourth-order valence-electron chi connectivity index (χ4n) is 1.95. The molecular weight excluding hydrogens is 357 g/mol. The zero-order chi connectivity index (χ0) is 18.1. The number of anilines is 1. The Balaban J connectivity index is 2.21. The van der Waals surface area contributed by atoms with Crippen LogP contribution in [0.4, 0.5) is 14.5 Å². The van der Waals surface area contributed by atoms with Gasteiger partial charge in [-0.15, -0.1) is 11.3 Å². The van der Waals surface area contributed by atoms with Crippen molar-refractivity contribution in [3.05, 3.63) is 46.3 Å². The van der Waals surface area contributed by atoms with Gasteiger partial charge in [0.1, 0.15) is 13.5 Å². The van der Waals surface area contributed by atoms with Gasteiger partial charge in [0.25, 0.3) is 5.91 Å². The quantitative estimate of drug-likeness (QED) is 0.787. The van der Waals surface area contributed by atoms with Crippen molar-refractivity contribution >= 4 is 45.6 Å². The van der Waals surface area contributed by atoms with Gasteiger partial charge in [-0.1, -0.05) is 6.07 Å². The van der Waals surface area contributed by atoms with E-state index in [1.54, 1.807) is 23.8 Å². The average Bonchev–Trinajstić information content (AvgIpc) is 2.88. The van der Waals surface area contributed by atoms with Crippen molar-refractivity contribution in [1.82, 2.24) is 5.32 Å². The van der Waals surface area contributed by atoms with E-state index in [0.717, 1.165) is 29.7 Å². The molecule has 24 heavy (non-hydrogen) atoms. The molecule has 10 heteroatoms. The van der Waals surface area contributed by atoms with Gasteiger partial charge in [-0.2, -0.15) is 0 Å². The lowest BCUT2D eigenvalue weighted by molar-refractivity contribution is 0.0944. The van der Waals surface area contributed by atoms with Crippen molar-refractivity contribution in [2.45, 2.75) is 13.0 Å². The van der Waals surface area contributed by atoms with E-state index in [1.165, 1.54) is 0 Å². The van der Waals surface area contributed by atoms with Gasteiger partial charge >= 0.3 is 0 Å². The third-order valence-electron chi connectivity index (χ3n) is 3.05. The van der Waals surface area contributed by atoms with Gasteiger partial charge < -0.3 is 5.32 Å². The lowest BCUT2D eigenvalue weighted by atomic mass is 10.1. The summed E-state index contributed by atoms with van der Waals surface area (Å²) in [6.07, 6.45) is 0.787. The van der Waals surface area contributed by atoms with Crippen LogP contribution < -0.4 is 14.8 Å². The maximum atomic E-state index is 14.0. The monoisotopic (exact) mass is 370 g/mol. The fourth-order valence-corrected chi connectivity index (χ4v) is 3.20. The molecule has 0 unspecified atom stereocenters. The van der Waals surface area contributed by atoms with Crippen LogP contribution in [-0.2, 0) is 10.0 Å². The average molecular weight is 370 g/mol. The van der Waals surface area contributed by atoms with Gasteiger partial charge in [0.05, 0.1) is 17.2 Å². The number of thiophene rings is 1. The number of nitrogens with one attached hydrogen (secondary N) is 2. The van der Waals surface area contributed by atoms with Crippen LogP contribution in [0, 0.1) is 11.6 Å². The van der Waals surface area contributed by atoms with Crippen LogP contribution in [0.15, 0.2) is 24.3 Å². The van der Waals surface area contributed by atoms with E-state index in [0.29, 0.717) is 9.65 Å². The number of benzene rings is 1. The smallest absolute Gasteiger partial charge is 0.261 e. The van der Waals surface area contributed by atoms with Crippen LogP contribution in [0.1, 0.15) is 28.2 Å². The van der Waals surface area contributed by atoms with Crippen LogP contribution in [-0.4, -0.2) is 28.4 Å². The summed E-state index contributed by atoms with van der Waals surface area (Å²) >= 11 is 1.09. The molecule has 0 saturated heterocycles. The predicted octanol–water partition coefficient (Wildman–Crippen LogP) is 1.68. The summed E-state index contributed by atoms with van der Waals surface area (Å²) in [5.41, 5.74) is -0.604. The topological polar surface area (TPSA) is 75.3 Å².